The second kappa shape index (κ2) is 6.16. The van der Waals surface area contributed by atoms with Crippen molar-refractivity contribution < 1.29 is 14.3 Å². The minimum atomic E-state index is 0.129. The van der Waals surface area contributed by atoms with Crippen LogP contribution in [-0.4, -0.2) is 19.5 Å². The molecule has 0 heterocycles. The van der Waals surface area contributed by atoms with Crippen molar-refractivity contribution in [3.8, 4) is 11.5 Å². The zero-order valence-electron chi connectivity index (χ0n) is 10.1. The van der Waals surface area contributed by atoms with Crippen molar-refractivity contribution >= 4 is 5.78 Å². The van der Waals surface area contributed by atoms with Crippen molar-refractivity contribution in [2.75, 3.05) is 13.7 Å². The Bertz CT molecular complexity index is 358. The molecular weight excluding hydrogens is 204 g/mol. The number of aryl methyl sites for hydroxylation is 1. The molecule has 0 aliphatic rings. The maximum absolute atomic E-state index is 10.8. The van der Waals surface area contributed by atoms with Gasteiger partial charge in [0.15, 0.2) is 11.5 Å². The number of carbonyl (C=O) groups is 1. The molecule has 0 amide bonds. The lowest BCUT2D eigenvalue weighted by molar-refractivity contribution is -0.117. The van der Waals surface area contributed by atoms with Crippen molar-refractivity contribution in [1.29, 1.82) is 0 Å². The van der Waals surface area contributed by atoms with E-state index in [1.807, 2.05) is 18.2 Å². The van der Waals surface area contributed by atoms with Crippen LogP contribution in [0.5, 0.6) is 11.5 Å². The Labute approximate surface area is 96.4 Å². The molecule has 0 bridgehead atoms. The lowest BCUT2D eigenvalue weighted by Gasteiger charge is -2.11. The molecule has 0 aromatic heterocycles. The van der Waals surface area contributed by atoms with E-state index < -0.39 is 0 Å². The van der Waals surface area contributed by atoms with Crippen LogP contribution in [0.4, 0.5) is 0 Å². The topological polar surface area (TPSA) is 35.5 Å². The van der Waals surface area contributed by atoms with Gasteiger partial charge in [-0.25, -0.2) is 0 Å². The molecule has 1 aromatic carbocycles. The lowest BCUT2D eigenvalue weighted by atomic mass is 10.1. The van der Waals surface area contributed by atoms with E-state index in [0.717, 1.165) is 12.2 Å². The molecule has 0 saturated carbocycles. The number of Topliss-reactive ketones (excluding diaryl/α,β-unsaturated/α-hetero) is 1. The molecule has 0 radical (unpaired) electrons. The summed E-state index contributed by atoms with van der Waals surface area (Å²) in [6.45, 7) is 4.04. The van der Waals surface area contributed by atoms with Gasteiger partial charge < -0.3 is 9.47 Å². The molecule has 0 saturated heterocycles. The van der Waals surface area contributed by atoms with E-state index >= 15 is 0 Å². The maximum Gasteiger partial charge on any atom is 0.161 e. The number of methoxy groups -OCH3 is 1. The highest BCUT2D eigenvalue weighted by Crippen LogP contribution is 2.28. The van der Waals surface area contributed by atoms with Crippen LogP contribution in [0.3, 0.4) is 0 Å². The SMILES string of the molecule is CCc1ccc(OCCC(C)=O)c(OC)c1. The predicted octanol–water partition coefficient (Wildman–Crippen LogP) is 2.62. The third kappa shape index (κ3) is 3.57. The van der Waals surface area contributed by atoms with Crippen LogP contribution in [0.25, 0.3) is 0 Å². The van der Waals surface area contributed by atoms with Gasteiger partial charge in [-0.3, -0.25) is 4.79 Å². The molecule has 0 aliphatic heterocycles. The van der Waals surface area contributed by atoms with Gasteiger partial charge >= 0.3 is 0 Å². The molecular formula is C13H18O3. The minimum absolute atomic E-state index is 0.129. The van der Waals surface area contributed by atoms with Gasteiger partial charge in [0.05, 0.1) is 13.7 Å². The average molecular weight is 222 g/mol. The highest BCUT2D eigenvalue weighted by Gasteiger charge is 2.05. The molecule has 0 fully saturated rings. The minimum Gasteiger partial charge on any atom is -0.493 e. The lowest BCUT2D eigenvalue weighted by Crippen LogP contribution is -2.03. The summed E-state index contributed by atoms with van der Waals surface area (Å²) in [4.78, 5) is 10.8. The Morgan fingerprint density at radius 3 is 2.62 bits per heavy atom. The van der Waals surface area contributed by atoms with Gasteiger partial charge in [-0.1, -0.05) is 13.0 Å². The number of ketones is 1. The molecule has 3 nitrogen and oxygen atoms in total. The fourth-order valence-corrected chi connectivity index (χ4v) is 1.36. The fourth-order valence-electron chi connectivity index (χ4n) is 1.36. The van der Waals surface area contributed by atoms with Crippen LogP contribution in [0.1, 0.15) is 25.8 Å². The van der Waals surface area contributed by atoms with Gasteiger partial charge in [0, 0.05) is 6.42 Å². The summed E-state index contributed by atoms with van der Waals surface area (Å²) < 4.78 is 10.7. The van der Waals surface area contributed by atoms with Crippen molar-refractivity contribution in [1.82, 2.24) is 0 Å². The van der Waals surface area contributed by atoms with E-state index in [-0.39, 0.29) is 5.78 Å². The van der Waals surface area contributed by atoms with E-state index in [1.165, 1.54) is 5.56 Å². The van der Waals surface area contributed by atoms with E-state index in [1.54, 1.807) is 14.0 Å². The van der Waals surface area contributed by atoms with Gasteiger partial charge in [-0.15, -0.1) is 0 Å². The van der Waals surface area contributed by atoms with Crippen LogP contribution in [0, 0.1) is 0 Å². The third-order valence-corrected chi connectivity index (χ3v) is 2.35. The molecule has 16 heavy (non-hydrogen) atoms. The largest absolute Gasteiger partial charge is 0.493 e. The number of hydrogen-bond donors (Lipinski definition) is 0. The Balaban J connectivity index is 2.68. The van der Waals surface area contributed by atoms with Crippen molar-refractivity contribution in [2.45, 2.75) is 26.7 Å². The number of carbonyl (C=O) groups excluding carboxylic acids is 1. The molecule has 0 spiro atoms. The summed E-state index contributed by atoms with van der Waals surface area (Å²) in [5.74, 6) is 1.55. The zero-order chi connectivity index (χ0) is 12.0. The van der Waals surface area contributed by atoms with Crippen molar-refractivity contribution in [3.05, 3.63) is 23.8 Å². The Morgan fingerprint density at radius 2 is 2.06 bits per heavy atom. The molecule has 0 N–H and O–H groups in total. The highest BCUT2D eigenvalue weighted by atomic mass is 16.5. The first-order valence-electron chi connectivity index (χ1n) is 5.46. The molecule has 0 unspecified atom stereocenters. The normalized spacial score (nSPS) is 9.94. The van der Waals surface area contributed by atoms with E-state index in [2.05, 4.69) is 6.92 Å². The van der Waals surface area contributed by atoms with Gasteiger partial charge in [0.1, 0.15) is 5.78 Å². The van der Waals surface area contributed by atoms with Gasteiger partial charge in [0.2, 0.25) is 0 Å². The number of ether oxygens (including phenoxy) is 2. The first-order chi connectivity index (χ1) is 7.67. The van der Waals surface area contributed by atoms with Gasteiger partial charge in [0.25, 0.3) is 0 Å². The van der Waals surface area contributed by atoms with Crippen molar-refractivity contribution in [2.24, 2.45) is 0 Å². The quantitative estimate of drug-likeness (QED) is 0.742. The number of rotatable bonds is 6. The number of benzene rings is 1. The van der Waals surface area contributed by atoms with E-state index in [0.29, 0.717) is 18.8 Å². The molecule has 0 aliphatic carbocycles. The summed E-state index contributed by atoms with van der Waals surface area (Å²) in [7, 11) is 1.62. The van der Waals surface area contributed by atoms with E-state index in [9.17, 15) is 4.79 Å². The molecule has 0 atom stereocenters. The first kappa shape index (κ1) is 12.6. The van der Waals surface area contributed by atoms with E-state index in [4.69, 9.17) is 9.47 Å². The monoisotopic (exact) mass is 222 g/mol. The third-order valence-electron chi connectivity index (χ3n) is 2.35. The van der Waals surface area contributed by atoms with Crippen LogP contribution < -0.4 is 9.47 Å². The van der Waals surface area contributed by atoms with Gasteiger partial charge in [-0.2, -0.15) is 0 Å². The van der Waals surface area contributed by atoms with Crippen molar-refractivity contribution in [3.63, 3.8) is 0 Å². The summed E-state index contributed by atoms with van der Waals surface area (Å²) in [6, 6.07) is 5.85. The summed E-state index contributed by atoms with van der Waals surface area (Å²) in [6.07, 6.45) is 1.39. The smallest absolute Gasteiger partial charge is 0.161 e. The second-order valence-electron chi connectivity index (χ2n) is 3.64. The standard InChI is InChI=1S/C13H18O3/c1-4-11-5-6-12(13(9-11)15-3)16-8-7-10(2)14/h5-6,9H,4,7-8H2,1-3H3. The van der Waals surface area contributed by atoms with Gasteiger partial charge in [-0.05, 0) is 31.0 Å². The number of hydrogen-bond acceptors (Lipinski definition) is 3. The highest BCUT2D eigenvalue weighted by molar-refractivity contribution is 5.75. The van der Waals surface area contributed by atoms with Crippen LogP contribution >= 0.6 is 0 Å². The Hall–Kier alpha value is -1.51. The molecule has 1 aromatic rings. The fraction of sp³-hybridized carbons (Fsp3) is 0.462. The second-order valence-corrected chi connectivity index (χ2v) is 3.64. The Kier molecular flexibility index (Phi) is 4.83. The molecule has 1 rings (SSSR count). The Morgan fingerprint density at radius 1 is 1.31 bits per heavy atom. The van der Waals surface area contributed by atoms with Crippen LogP contribution in [-0.2, 0) is 11.2 Å². The van der Waals surface area contributed by atoms with Crippen LogP contribution in [0.2, 0.25) is 0 Å². The summed E-state index contributed by atoms with van der Waals surface area (Å²) in [5.41, 5.74) is 1.20. The zero-order valence-corrected chi connectivity index (χ0v) is 10.1. The molecule has 3 heteroatoms. The van der Waals surface area contributed by atoms with Crippen LogP contribution in [0.15, 0.2) is 18.2 Å². The molecule has 88 valence electrons. The maximum atomic E-state index is 10.8. The first-order valence-corrected chi connectivity index (χ1v) is 5.46. The predicted molar refractivity (Wildman–Crippen MR) is 63.2 cm³/mol. The average Bonchev–Trinajstić information content (AvgIpc) is 2.29. The summed E-state index contributed by atoms with van der Waals surface area (Å²) in [5, 5.41) is 0. The summed E-state index contributed by atoms with van der Waals surface area (Å²) >= 11 is 0.